The van der Waals surface area contributed by atoms with E-state index >= 15 is 0 Å². The number of hydrogen-bond donors (Lipinski definition) is 1. The number of pyridine rings is 1. The summed E-state index contributed by atoms with van der Waals surface area (Å²) in [6, 6.07) is 4.19. The molecule has 0 saturated heterocycles. The van der Waals surface area contributed by atoms with Gasteiger partial charge in [-0.05, 0) is 39.1 Å². The summed E-state index contributed by atoms with van der Waals surface area (Å²) in [7, 11) is 4.04. The predicted octanol–water partition coefficient (Wildman–Crippen LogP) is 4.09. The van der Waals surface area contributed by atoms with Crippen LogP contribution in [0.15, 0.2) is 30.6 Å². The fourth-order valence-corrected chi connectivity index (χ4v) is 3.78. The zero-order chi connectivity index (χ0) is 19.5. The number of anilines is 1. The molecule has 0 bridgehead atoms. The Balaban J connectivity index is 1.88. The van der Waals surface area contributed by atoms with Gasteiger partial charge in [0.15, 0.2) is 11.5 Å². The van der Waals surface area contributed by atoms with Gasteiger partial charge in [-0.3, -0.25) is 4.98 Å². The molecule has 5 nitrogen and oxygen atoms in total. The van der Waals surface area contributed by atoms with Gasteiger partial charge in [0.25, 0.3) is 0 Å². The van der Waals surface area contributed by atoms with E-state index in [4.69, 9.17) is 0 Å². The number of nitrogens with zero attached hydrogens (tertiary/aromatic N) is 4. The Labute approximate surface area is 157 Å². The predicted molar refractivity (Wildman–Crippen MR) is 98.2 cm³/mol. The monoisotopic (exact) mass is 379 g/mol. The van der Waals surface area contributed by atoms with Gasteiger partial charge in [0.2, 0.25) is 0 Å². The van der Waals surface area contributed by atoms with Gasteiger partial charge in [0.1, 0.15) is 5.82 Å². The van der Waals surface area contributed by atoms with E-state index in [1.165, 1.54) is 12.4 Å². The van der Waals surface area contributed by atoms with Crippen molar-refractivity contribution in [1.29, 1.82) is 0 Å². The minimum absolute atomic E-state index is 0.0443. The molecule has 1 N–H and O–H groups in total. The number of halogens is 3. The lowest BCUT2D eigenvalue weighted by Crippen LogP contribution is -2.37. The van der Waals surface area contributed by atoms with Gasteiger partial charge < -0.3 is 10.2 Å². The lowest BCUT2D eigenvalue weighted by molar-refractivity contribution is -0.141. The van der Waals surface area contributed by atoms with E-state index < -0.39 is 11.9 Å². The van der Waals surface area contributed by atoms with Crippen LogP contribution in [-0.2, 0) is 6.18 Å². The first kappa shape index (κ1) is 19.5. The standard InChI is InChI=1S/C19H24F3N5/c1-27(2)13-18(7-3-4-8-18)12-24-16-11-15(19(20,21)22)25-17(26-16)14-5-9-23-10-6-14/h5-6,9-11H,3-4,7-8,12-13H2,1-2H3,(H,24,25,26). The Morgan fingerprint density at radius 2 is 1.78 bits per heavy atom. The van der Waals surface area contributed by atoms with Gasteiger partial charge in [0.05, 0.1) is 0 Å². The number of alkyl halides is 3. The number of rotatable bonds is 6. The highest BCUT2D eigenvalue weighted by Crippen LogP contribution is 2.39. The lowest BCUT2D eigenvalue weighted by Gasteiger charge is -2.32. The Morgan fingerprint density at radius 3 is 2.37 bits per heavy atom. The van der Waals surface area contributed by atoms with E-state index in [0.717, 1.165) is 38.3 Å². The third-order valence-corrected chi connectivity index (χ3v) is 4.92. The quantitative estimate of drug-likeness (QED) is 0.819. The average molecular weight is 379 g/mol. The Bertz CT molecular complexity index is 756. The van der Waals surface area contributed by atoms with Gasteiger partial charge in [-0.25, -0.2) is 9.97 Å². The van der Waals surface area contributed by atoms with Gasteiger partial charge in [-0.2, -0.15) is 13.2 Å². The van der Waals surface area contributed by atoms with E-state index in [2.05, 4.69) is 25.2 Å². The maximum Gasteiger partial charge on any atom is 0.433 e. The highest BCUT2D eigenvalue weighted by Gasteiger charge is 2.36. The molecule has 1 aliphatic carbocycles. The summed E-state index contributed by atoms with van der Waals surface area (Å²) < 4.78 is 39.9. The summed E-state index contributed by atoms with van der Waals surface area (Å²) in [6.45, 7) is 1.49. The lowest BCUT2D eigenvalue weighted by atomic mass is 9.85. The second kappa shape index (κ2) is 7.80. The largest absolute Gasteiger partial charge is 0.433 e. The zero-order valence-electron chi connectivity index (χ0n) is 15.6. The van der Waals surface area contributed by atoms with Crippen molar-refractivity contribution >= 4 is 5.82 Å². The maximum absolute atomic E-state index is 13.3. The van der Waals surface area contributed by atoms with Crippen LogP contribution >= 0.6 is 0 Å². The van der Waals surface area contributed by atoms with E-state index in [1.807, 2.05) is 14.1 Å². The van der Waals surface area contributed by atoms with E-state index in [0.29, 0.717) is 12.1 Å². The molecule has 2 aromatic rings. The smallest absolute Gasteiger partial charge is 0.369 e. The molecule has 2 heterocycles. The third-order valence-electron chi connectivity index (χ3n) is 4.92. The molecular formula is C19H24F3N5. The van der Waals surface area contributed by atoms with Crippen LogP contribution in [0, 0.1) is 5.41 Å². The van der Waals surface area contributed by atoms with Crippen molar-refractivity contribution in [2.75, 3.05) is 32.5 Å². The van der Waals surface area contributed by atoms with Crippen LogP contribution in [0.2, 0.25) is 0 Å². The fourth-order valence-electron chi connectivity index (χ4n) is 3.78. The van der Waals surface area contributed by atoms with Crippen molar-refractivity contribution in [1.82, 2.24) is 19.9 Å². The molecule has 0 aliphatic heterocycles. The van der Waals surface area contributed by atoms with Gasteiger partial charge in [-0.1, -0.05) is 12.8 Å². The highest BCUT2D eigenvalue weighted by atomic mass is 19.4. The molecule has 0 aromatic carbocycles. The molecule has 0 amide bonds. The van der Waals surface area contributed by atoms with E-state index in [9.17, 15) is 13.2 Å². The van der Waals surface area contributed by atoms with Crippen molar-refractivity contribution in [2.24, 2.45) is 5.41 Å². The molecule has 27 heavy (non-hydrogen) atoms. The molecule has 1 saturated carbocycles. The van der Waals surface area contributed by atoms with Gasteiger partial charge in [0, 0.05) is 42.5 Å². The fraction of sp³-hybridized carbons (Fsp3) is 0.526. The summed E-state index contributed by atoms with van der Waals surface area (Å²) >= 11 is 0. The van der Waals surface area contributed by atoms with Crippen LogP contribution in [0.3, 0.4) is 0 Å². The summed E-state index contributed by atoms with van der Waals surface area (Å²) in [6.07, 6.45) is 2.91. The SMILES string of the molecule is CN(C)CC1(CNc2cc(C(F)(F)F)nc(-c3ccncc3)n2)CCCC1. The van der Waals surface area contributed by atoms with E-state index in [-0.39, 0.29) is 17.1 Å². The van der Waals surface area contributed by atoms with Crippen molar-refractivity contribution in [3.63, 3.8) is 0 Å². The molecule has 1 fully saturated rings. The molecule has 1 aliphatic rings. The van der Waals surface area contributed by atoms with Crippen molar-refractivity contribution in [2.45, 2.75) is 31.9 Å². The summed E-state index contributed by atoms with van der Waals surface area (Å²) in [5.74, 6) is 0.247. The second-order valence-electron chi connectivity index (χ2n) is 7.49. The van der Waals surface area contributed by atoms with Gasteiger partial charge >= 0.3 is 6.18 Å². The summed E-state index contributed by atoms with van der Waals surface area (Å²) in [4.78, 5) is 14.1. The minimum Gasteiger partial charge on any atom is -0.369 e. The van der Waals surface area contributed by atoms with E-state index in [1.54, 1.807) is 12.1 Å². The third kappa shape index (κ3) is 4.94. The molecule has 146 valence electrons. The maximum atomic E-state index is 13.3. The molecule has 0 spiro atoms. The summed E-state index contributed by atoms with van der Waals surface area (Å²) in [5, 5.41) is 3.16. The average Bonchev–Trinajstić information content (AvgIpc) is 3.08. The first-order valence-corrected chi connectivity index (χ1v) is 9.03. The van der Waals surface area contributed by atoms with Crippen LogP contribution in [0.5, 0.6) is 0 Å². The first-order valence-electron chi connectivity index (χ1n) is 9.03. The Hall–Kier alpha value is -2.22. The van der Waals surface area contributed by atoms with Crippen LogP contribution in [0.4, 0.5) is 19.0 Å². The molecule has 2 aromatic heterocycles. The van der Waals surface area contributed by atoms with Crippen LogP contribution < -0.4 is 5.32 Å². The van der Waals surface area contributed by atoms with Crippen LogP contribution in [0.25, 0.3) is 11.4 Å². The highest BCUT2D eigenvalue weighted by molar-refractivity contribution is 5.57. The van der Waals surface area contributed by atoms with Crippen molar-refractivity contribution in [3.8, 4) is 11.4 Å². The number of aromatic nitrogens is 3. The molecular weight excluding hydrogens is 355 g/mol. The van der Waals surface area contributed by atoms with Gasteiger partial charge in [-0.15, -0.1) is 0 Å². The molecule has 0 atom stereocenters. The van der Waals surface area contributed by atoms with Crippen molar-refractivity contribution in [3.05, 3.63) is 36.3 Å². The van der Waals surface area contributed by atoms with Crippen molar-refractivity contribution < 1.29 is 13.2 Å². The number of hydrogen-bond acceptors (Lipinski definition) is 5. The number of nitrogens with one attached hydrogen (secondary N) is 1. The normalized spacial score (nSPS) is 16.7. The van der Waals surface area contributed by atoms with Crippen LogP contribution in [0.1, 0.15) is 31.4 Å². The summed E-state index contributed by atoms with van der Waals surface area (Å²) in [5.41, 5.74) is -0.383. The molecule has 8 heteroatoms. The topological polar surface area (TPSA) is 53.9 Å². The first-order chi connectivity index (χ1) is 12.8. The molecule has 3 rings (SSSR count). The second-order valence-corrected chi connectivity index (χ2v) is 7.49. The zero-order valence-corrected chi connectivity index (χ0v) is 15.6. The minimum atomic E-state index is -4.53. The molecule has 0 unspecified atom stereocenters. The van der Waals surface area contributed by atoms with Crippen LogP contribution in [-0.4, -0.2) is 47.0 Å². The molecule has 0 radical (unpaired) electrons. The Morgan fingerprint density at radius 1 is 1.11 bits per heavy atom. The Kier molecular flexibility index (Phi) is 5.64.